The van der Waals surface area contributed by atoms with Crippen molar-refractivity contribution in [1.29, 1.82) is 0 Å². The van der Waals surface area contributed by atoms with E-state index in [1.54, 1.807) is 19.1 Å². The van der Waals surface area contributed by atoms with Gasteiger partial charge in [-0.1, -0.05) is 13.8 Å². The quantitative estimate of drug-likeness (QED) is 0.895. The zero-order valence-corrected chi connectivity index (χ0v) is 14.8. The van der Waals surface area contributed by atoms with Crippen LogP contribution in [0.15, 0.2) is 27.5 Å². The summed E-state index contributed by atoms with van der Waals surface area (Å²) in [6.45, 7) is 8.26. The molecule has 1 heterocycles. The van der Waals surface area contributed by atoms with E-state index in [0.29, 0.717) is 23.6 Å². The lowest BCUT2D eigenvalue weighted by Crippen LogP contribution is -2.35. The molecule has 0 saturated carbocycles. The summed E-state index contributed by atoms with van der Waals surface area (Å²) in [5.41, 5.74) is 0.915. The van der Waals surface area contributed by atoms with E-state index >= 15 is 0 Å². The van der Waals surface area contributed by atoms with Crippen molar-refractivity contribution in [2.24, 2.45) is 4.40 Å². The molecule has 0 spiro atoms. The van der Waals surface area contributed by atoms with Crippen molar-refractivity contribution in [1.82, 2.24) is 5.32 Å². The molecule has 0 aromatic heterocycles. The van der Waals surface area contributed by atoms with Crippen molar-refractivity contribution >= 4 is 27.5 Å². The highest BCUT2D eigenvalue weighted by atomic mass is 32.2. The normalized spacial score (nSPS) is 17.2. The lowest BCUT2D eigenvalue weighted by molar-refractivity contribution is 0.0939. The van der Waals surface area contributed by atoms with Crippen LogP contribution in [0.3, 0.4) is 0 Å². The fourth-order valence-corrected chi connectivity index (χ4v) is 3.71. The van der Waals surface area contributed by atoms with Gasteiger partial charge in [-0.3, -0.25) is 4.79 Å². The van der Waals surface area contributed by atoms with Crippen molar-refractivity contribution in [3.05, 3.63) is 23.8 Å². The summed E-state index contributed by atoms with van der Waals surface area (Å²) in [6, 6.07) is 4.80. The van der Waals surface area contributed by atoms with E-state index < -0.39 is 10.0 Å². The van der Waals surface area contributed by atoms with Crippen molar-refractivity contribution in [3.8, 4) is 0 Å². The number of anilines is 1. The third-order valence-electron chi connectivity index (χ3n) is 3.87. The van der Waals surface area contributed by atoms with Gasteiger partial charge < -0.3 is 10.2 Å². The van der Waals surface area contributed by atoms with Crippen LogP contribution >= 0.6 is 0 Å². The second-order valence-corrected chi connectivity index (χ2v) is 7.30. The number of sulfonamides is 1. The zero-order chi connectivity index (χ0) is 17.2. The van der Waals surface area contributed by atoms with Crippen LogP contribution in [0.25, 0.3) is 0 Å². The predicted molar refractivity (Wildman–Crippen MR) is 91.6 cm³/mol. The highest BCUT2D eigenvalue weighted by Crippen LogP contribution is 2.32. The zero-order valence-electron chi connectivity index (χ0n) is 14.0. The first kappa shape index (κ1) is 17.5. The molecule has 7 heteroatoms. The van der Waals surface area contributed by atoms with Gasteiger partial charge in [-0.15, -0.1) is 4.40 Å². The lowest BCUT2D eigenvalue weighted by Gasteiger charge is -2.29. The van der Waals surface area contributed by atoms with E-state index in [-0.39, 0.29) is 16.8 Å². The number of rotatable bonds is 5. The van der Waals surface area contributed by atoms with E-state index in [1.807, 2.05) is 25.7 Å². The maximum atomic E-state index is 12.3. The monoisotopic (exact) mass is 337 g/mol. The molecular weight excluding hydrogens is 314 g/mol. The Hall–Kier alpha value is -1.89. The first-order chi connectivity index (χ1) is 10.8. The fourth-order valence-electron chi connectivity index (χ4n) is 2.45. The van der Waals surface area contributed by atoms with E-state index in [2.05, 4.69) is 9.71 Å². The number of carbonyl (C=O) groups excluding carboxylic acids is 1. The average molecular weight is 337 g/mol. The molecular formula is C16H23N3O3S. The van der Waals surface area contributed by atoms with E-state index in [0.717, 1.165) is 12.8 Å². The number of carbonyl (C=O) groups is 1. The van der Waals surface area contributed by atoms with Crippen LogP contribution in [0.5, 0.6) is 0 Å². The maximum absolute atomic E-state index is 12.3. The van der Waals surface area contributed by atoms with Crippen LogP contribution in [0.2, 0.25) is 0 Å². The molecule has 1 aliphatic rings. The molecule has 1 aromatic carbocycles. The Kier molecular flexibility index (Phi) is 5.09. The number of amidine groups is 1. The Morgan fingerprint density at radius 2 is 2.04 bits per heavy atom. The molecule has 0 fully saturated rings. The number of nitrogens with one attached hydrogen (secondary N) is 1. The predicted octanol–water partition coefficient (Wildman–Crippen LogP) is 2.55. The summed E-state index contributed by atoms with van der Waals surface area (Å²) < 4.78 is 28.5. The number of amides is 1. The highest BCUT2D eigenvalue weighted by Gasteiger charge is 2.29. The van der Waals surface area contributed by atoms with Gasteiger partial charge in [0.1, 0.15) is 10.7 Å². The molecule has 2 rings (SSSR count). The number of benzene rings is 1. The maximum Gasteiger partial charge on any atom is 0.286 e. The van der Waals surface area contributed by atoms with Gasteiger partial charge in [0.2, 0.25) is 0 Å². The Balaban J connectivity index is 2.45. The molecule has 6 nitrogen and oxygen atoms in total. The van der Waals surface area contributed by atoms with Gasteiger partial charge in [0, 0.05) is 18.2 Å². The van der Waals surface area contributed by atoms with Gasteiger partial charge >= 0.3 is 0 Å². The van der Waals surface area contributed by atoms with Crippen LogP contribution in [-0.4, -0.2) is 32.7 Å². The van der Waals surface area contributed by atoms with E-state index in [9.17, 15) is 13.2 Å². The smallest absolute Gasteiger partial charge is 0.286 e. The van der Waals surface area contributed by atoms with Gasteiger partial charge in [-0.05, 0) is 44.9 Å². The number of hydrogen-bond donors (Lipinski definition) is 1. The van der Waals surface area contributed by atoms with Gasteiger partial charge in [0.15, 0.2) is 0 Å². The van der Waals surface area contributed by atoms with Crippen LogP contribution < -0.4 is 10.2 Å². The van der Waals surface area contributed by atoms with Crippen LogP contribution in [0.4, 0.5) is 5.69 Å². The second-order valence-electron chi connectivity index (χ2n) is 5.73. The van der Waals surface area contributed by atoms with Gasteiger partial charge in [0.05, 0.1) is 5.69 Å². The van der Waals surface area contributed by atoms with Gasteiger partial charge in [-0.2, -0.15) is 8.42 Å². The Morgan fingerprint density at radius 3 is 2.65 bits per heavy atom. The molecule has 1 N–H and O–H groups in total. The minimum atomic E-state index is -3.77. The summed E-state index contributed by atoms with van der Waals surface area (Å²) in [7, 11) is -3.77. The summed E-state index contributed by atoms with van der Waals surface area (Å²) in [5, 5.41) is 2.84. The summed E-state index contributed by atoms with van der Waals surface area (Å²) >= 11 is 0. The standard InChI is InChI=1S/C16H23N3O3S/c1-5-9-19-12(4)18-23(21,22)15-10-13(7-8-14(15)19)16(20)17-11(3)6-2/h7-8,10-11H,5-6,9H2,1-4H3,(H,17,20)/t11-/m0/s1. The molecule has 1 atom stereocenters. The molecule has 1 aliphatic heterocycles. The Bertz CT molecular complexity index is 741. The Labute approximate surface area is 137 Å². The van der Waals surface area contributed by atoms with Crippen molar-refractivity contribution in [3.63, 3.8) is 0 Å². The van der Waals surface area contributed by atoms with Crippen LogP contribution in [0.1, 0.15) is 50.9 Å². The lowest BCUT2D eigenvalue weighted by atomic mass is 10.1. The molecule has 23 heavy (non-hydrogen) atoms. The summed E-state index contributed by atoms with van der Waals surface area (Å²) in [6.07, 6.45) is 1.67. The minimum Gasteiger partial charge on any atom is -0.350 e. The van der Waals surface area contributed by atoms with Gasteiger partial charge in [-0.25, -0.2) is 0 Å². The van der Waals surface area contributed by atoms with Crippen molar-refractivity contribution in [2.75, 3.05) is 11.4 Å². The number of hydrogen-bond acceptors (Lipinski definition) is 4. The molecule has 1 aromatic rings. The topological polar surface area (TPSA) is 78.8 Å². The van der Waals surface area contributed by atoms with E-state index in [4.69, 9.17) is 0 Å². The molecule has 0 aliphatic carbocycles. The molecule has 126 valence electrons. The second kappa shape index (κ2) is 6.70. The molecule has 0 saturated heterocycles. The van der Waals surface area contributed by atoms with Crippen molar-refractivity contribution in [2.45, 2.75) is 51.5 Å². The van der Waals surface area contributed by atoms with Crippen molar-refractivity contribution < 1.29 is 13.2 Å². The fraction of sp³-hybridized carbons (Fsp3) is 0.500. The van der Waals surface area contributed by atoms with Gasteiger partial charge in [0.25, 0.3) is 15.9 Å². The first-order valence-corrected chi connectivity index (χ1v) is 9.28. The van der Waals surface area contributed by atoms with Crippen LogP contribution in [-0.2, 0) is 10.0 Å². The molecule has 0 unspecified atom stereocenters. The molecule has 0 bridgehead atoms. The molecule has 1 amide bonds. The minimum absolute atomic E-state index is 0.0343. The number of fused-ring (bicyclic) bond motifs is 1. The average Bonchev–Trinajstić information content (AvgIpc) is 2.50. The van der Waals surface area contributed by atoms with E-state index in [1.165, 1.54) is 6.07 Å². The molecule has 0 radical (unpaired) electrons. The Morgan fingerprint density at radius 1 is 1.35 bits per heavy atom. The SMILES string of the molecule is CCCN1C(C)=NS(=O)(=O)c2cc(C(=O)N[C@@H](C)CC)ccc21. The first-order valence-electron chi connectivity index (χ1n) is 7.84. The largest absolute Gasteiger partial charge is 0.350 e. The van der Waals surface area contributed by atoms with Crippen LogP contribution in [0, 0.1) is 0 Å². The third-order valence-corrected chi connectivity index (χ3v) is 5.26. The number of nitrogens with zero attached hydrogens (tertiary/aromatic N) is 2. The highest BCUT2D eigenvalue weighted by molar-refractivity contribution is 7.90. The third kappa shape index (κ3) is 3.55. The summed E-state index contributed by atoms with van der Waals surface area (Å²) in [4.78, 5) is 14.2. The summed E-state index contributed by atoms with van der Waals surface area (Å²) in [5.74, 6) is 0.182.